The Kier molecular flexibility index (Phi) is 7.62. The predicted octanol–water partition coefficient (Wildman–Crippen LogP) is 3.70. The van der Waals surface area contributed by atoms with Gasteiger partial charge in [0.2, 0.25) is 0 Å². The topological polar surface area (TPSA) is 21.3 Å². The van der Waals surface area contributed by atoms with Gasteiger partial charge in [-0.2, -0.15) is 11.8 Å². The molecule has 0 spiro atoms. The highest BCUT2D eigenvalue weighted by molar-refractivity contribution is 7.99. The molecule has 0 saturated carbocycles. The van der Waals surface area contributed by atoms with E-state index in [4.69, 9.17) is 4.74 Å². The van der Waals surface area contributed by atoms with Gasteiger partial charge in [0.1, 0.15) is 0 Å². The van der Waals surface area contributed by atoms with Crippen molar-refractivity contribution in [3.63, 3.8) is 0 Å². The zero-order chi connectivity index (χ0) is 13.3. The molecule has 1 N–H and O–H groups in total. The average Bonchev–Trinajstić information content (AvgIpc) is 2.47. The maximum absolute atomic E-state index is 5.49. The average molecular weight is 285 g/mol. The molecule has 2 aliphatic heterocycles. The van der Waals surface area contributed by atoms with Gasteiger partial charge in [-0.05, 0) is 74.8 Å². The van der Waals surface area contributed by atoms with Crippen molar-refractivity contribution >= 4 is 11.8 Å². The van der Waals surface area contributed by atoms with E-state index in [-0.39, 0.29) is 0 Å². The molecule has 2 saturated heterocycles. The Morgan fingerprint density at radius 1 is 1.05 bits per heavy atom. The molecule has 0 amide bonds. The van der Waals surface area contributed by atoms with E-state index >= 15 is 0 Å². The van der Waals surface area contributed by atoms with Crippen LogP contribution in [-0.2, 0) is 4.74 Å². The van der Waals surface area contributed by atoms with E-state index in [1.165, 1.54) is 63.0 Å². The zero-order valence-electron chi connectivity index (χ0n) is 12.5. The third-order valence-corrected chi connectivity index (χ3v) is 5.65. The maximum atomic E-state index is 5.49. The first kappa shape index (κ1) is 15.7. The molecule has 2 aliphatic rings. The van der Waals surface area contributed by atoms with Gasteiger partial charge in [0.15, 0.2) is 0 Å². The second-order valence-electron chi connectivity index (χ2n) is 6.23. The van der Waals surface area contributed by atoms with Crippen LogP contribution in [0.15, 0.2) is 0 Å². The van der Waals surface area contributed by atoms with Gasteiger partial charge in [-0.25, -0.2) is 0 Å². The van der Waals surface area contributed by atoms with Crippen LogP contribution in [0, 0.1) is 11.8 Å². The molecule has 0 radical (unpaired) electrons. The number of hydrogen-bond donors (Lipinski definition) is 1. The number of hydrogen-bond acceptors (Lipinski definition) is 3. The molecule has 112 valence electrons. The molecule has 1 atom stereocenters. The molecule has 1 unspecified atom stereocenters. The van der Waals surface area contributed by atoms with Crippen molar-refractivity contribution < 1.29 is 4.74 Å². The molecule has 2 rings (SSSR count). The third-order valence-electron chi connectivity index (χ3n) is 4.60. The van der Waals surface area contributed by atoms with E-state index in [0.29, 0.717) is 0 Å². The van der Waals surface area contributed by atoms with E-state index in [1.807, 2.05) is 0 Å². The summed E-state index contributed by atoms with van der Waals surface area (Å²) in [5, 5.41) is 3.82. The van der Waals surface area contributed by atoms with Crippen molar-refractivity contribution in [2.24, 2.45) is 11.8 Å². The number of rotatable bonds is 7. The summed E-state index contributed by atoms with van der Waals surface area (Å²) >= 11 is 2.14. The van der Waals surface area contributed by atoms with Crippen molar-refractivity contribution in [2.45, 2.75) is 57.9 Å². The van der Waals surface area contributed by atoms with Crippen LogP contribution >= 0.6 is 11.8 Å². The SMILES string of the molecule is CCCNC(CC1CCOCC1)CC1CCSCC1. The summed E-state index contributed by atoms with van der Waals surface area (Å²) in [5.41, 5.74) is 0. The number of ether oxygens (including phenoxy) is 1. The molecule has 0 aromatic heterocycles. The van der Waals surface area contributed by atoms with Crippen LogP contribution in [0.3, 0.4) is 0 Å². The van der Waals surface area contributed by atoms with Crippen molar-refractivity contribution in [1.29, 1.82) is 0 Å². The first-order chi connectivity index (χ1) is 9.38. The molecule has 0 bridgehead atoms. The van der Waals surface area contributed by atoms with Gasteiger partial charge in [-0.3, -0.25) is 0 Å². The summed E-state index contributed by atoms with van der Waals surface area (Å²) in [4.78, 5) is 0. The van der Waals surface area contributed by atoms with Crippen LogP contribution in [0.25, 0.3) is 0 Å². The van der Waals surface area contributed by atoms with E-state index in [1.54, 1.807) is 0 Å². The fourth-order valence-corrected chi connectivity index (χ4v) is 4.58. The molecule has 2 heterocycles. The molecule has 0 aromatic carbocycles. The lowest BCUT2D eigenvalue weighted by molar-refractivity contribution is 0.0594. The first-order valence-electron chi connectivity index (χ1n) is 8.27. The van der Waals surface area contributed by atoms with Gasteiger partial charge < -0.3 is 10.1 Å². The van der Waals surface area contributed by atoms with Gasteiger partial charge in [0.05, 0.1) is 0 Å². The maximum Gasteiger partial charge on any atom is 0.0468 e. The standard InChI is InChI=1S/C16H31NOS/c1-2-7-17-16(12-14-3-8-18-9-4-14)13-15-5-10-19-11-6-15/h14-17H,2-13H2,1H3. The fourth-order valence-electron chi connectivity index (χ4n) is 3.38. The van der Waals surface area contributed by atoms with Crippen LogP contribution in [0.5, 0.6) is 0 Å². The van der Waals surface area contributed by atoms with Gasteiger partial charge in [-0.1, -0.05) is 6.92 Å². The van der Waals surface area contributed by atoms with Crippen LogP contribution in [-0.4, -0.2) is 37.3 Å². The lowest BCUT2D eigenvalue weighted by atomic mass is 9.86. The number of nitrogens with one attached hydrogen (secondary N) is 1. The van der Waals surface area contributed by atoms with Gasteiger partial charge >= 0.3 is 0 Å². The largest absolute Gasteiger partial charge is 0.381 e. The van der Waals surface area contributed by atoms with Crippen LogP contribution < -0.4 is 5.32 Å². The molecule has 3 heteroatoms. The molecule has 2 nitrogen and oxygen atoms in total. The Labute approximate surface area is 123 Å². The lowest BCUT2D eigenvalue weighted by Gasteiger charge is -2.31. The smallest absolute Gasteiger partial charge is 0.0468 e. The van der Waals surface area contributed by atoms with Gasteiger partial charge in [0, 0.05) is 19.3 Å². The Hall–Kier alpha value is 0.270. The second kappa shape index (κ2) is 9.25. The zero-order valence-corrected chi connectivity index (χ0v) is 13.4. The highest BCUT2D eigenvalue weighted by atomic mass is 32.2. The lowest BCUT2D eigenvalue weighted by Crippen LogP contribution is -2.35. The monoisotopic (exact) mass is 285 g/mol. The minimum absolute atomic E-state index is 0.760. The quantitative estimate of drug-likeness (QED) is 0.770. The van der Waals surface area contributed by atoms with E-state index < -0.39 is 0 Å². The van der Waals surface area contributed by atoms with Gasteiger partial charge in [-0.15, -0.1) is 0 Å². The van der Waals surface area contributed by atoms with E-state index in [9.17, 15) is 0 Å². The molecule has 0 aromatic rings. The summed E-state index contributed by atoms with van der Waals surface area (Å²) in [7, 11) is 0. The Balaban J connectivity index is 1.75. The molecular formula is C16H31NOS. The predicted molar refractivity (Wildman–Crippen MR) is 84.9 cm³/mol. The molecule has 0 aliphatic carbocycles. The Bertz CT molecular complexity index is 205. The van der Waals surface area contributed by atoms with Crippen molar-refractivity contribution in [1.82, 2.24) is 5.32 Å². The third kappa shape index (κ3) is 6.05. The van der Waals surface area contributed by atoms with E-state index in [0.717, 1.165) is 31.1 Å². The van der Waals surface area contributed by atoms with Gasteiger partial charge in [0.25, 0.3) is 0 Å². The summed E-state index contributed by atoms with van der Waals surface area (Å²) in [6.45, 7) is 5.45. The molecule has 2 fully saturated rings. The van der Waals surface area contributed by atoms with Crippen LogP contribution in [0.1, 0.15) is 51.9 Å². The molecular weight excluding hydrogens is 254 g/mol. The van der Waals surface area contributed by atoms with Crippen molar-refractivity contribution in [3.05, 3.63) is 0 Å². The van der Waals surface area contributed by atoms with Crippen molar-refractivity contribution in [3.8, 4) is 0 Å². The summed E-state index contributed by atoms with van der Waals surface area (Å²) in [6.07, 6.45) is 9.51. The normalized spacial score (nSPS) is 24.5. The fraction of sp³-hybridized carbons (Fsp3) is 1.00. The highest BCUT2D eigenvalue weighted by Gasteiger charge is 2.23. The van der Waals surface area contributed by atoms with Crippen LogP contribution in [0.2, 0.25) is 0 Å². The summed E-state index contributed by atoms with van der Waals surface area (Å²) < 4.78 is 5.49. The van der Waals surface area contributed by atoms with Crippen LogP contribution in [0.4, 0.5) is 0 Å². The molecule has 19 heavy (non-hydrogen) atoms. The van der Waals surface area contributed by atoms with Crippen molar-refractivity contribution in [2.75, 3.05) is 31.3 Å². The summed E-state index contributed by atoms with van der Waals surface area (Å²) in [5.74, 6) is 4.67. The summed E-state index contributed by atoms with van der Waals surface area (Å²) in [6, 6.07) is 0.760. The Morgan fingerprint density at radius 3 is 2.32 bits per heavy atom. The minimum atomic E-state index is 0.760. The Morgan fingerprint density at radius 2 is 1.68 bits per heavy atom. The second-order valence-corrected chi connectivity index (χ2v) is 7.46. The van der Waals surface area contributed by atoms with E-state index in [2.05, 4.69) is 24.0 Å². The highest BCUT2D eigenvalue weighted by Crippen LogP contribution is 2.29. The number of thioether (sulfide) groups is 1. The first-order valence-corrected chi connectivity index (χ1v) is 9.42. The minimum Gasteiger partial charge on any atom is -0.381 e.